The largest absolute Gasteiger partial charge is 0.445 e. The number of benzene rings is 1. The molecule has 0 radical (unpaired) electrons. The summed E-state index contributed by atoms with van der Waals surface area (Å²) in [4.78, 5) is 16.3. The van der Waals surface area contributed by atoms with Crippen LogP contribution < -0.4 is 5.32 Å². The van der Waals surface area contributed by atoms with Crippen molar-refractivity contribution < 1.29 is 14.6 Å². The Kier molecular flexibility index (Phi) is 8.34. The molecule has 6 nitrogen and oxygen atoms in total. The lowest BCUT2D eigenvalue weighted by molar-refractivity contribution is 0.154. The maximum absolute atomic E-state index is 11.9. The minimum absolute atomic E-state index is 0.0763. The van der Waals surface area contributed by atoms with E-state index in [0.717, 1.165) is 5.56 Å². The minimum Gasteiger partial charge on any atom is -0.445 e. The average Bonchev–Trinajstić information content (AvgIpc) is 2.52. The highest BCUT2D eigenvalue weighted by molar-refractivity contribution is 6.67. The second kappa shape index (κ2) is 9.55. The van der Waals surface area contributed by atoms with Gasteiger partial charge in [-0.25, -0.2) is 9.79 Å². The molecule has 0 bridgehead atoms. The van der Waals surface area contributed by atoms with Gasteiger partial charge in [-0.3, -0.25) is 5.32 Å². The van der Waals surface area contributed by atoms with Gasteiger partial charge in [0.15, 0.2) is 0 Å². The number of hydrogen-bond acceptors (Lipinski definition) is 5. The predicted octanol–water partition coefficient (Wildman–Crippen LogP) is 4.76. The number of ether oxygens (including phenoxy) is 1. The molecule has 26 heavy (non-hydrogen) atoms. The third-order valence-corrected chi connectivity index (χ3v) is 3.57. The van der Waals surface area contributed by atoms with Gasteiger partial charge in [0, 0.05) is 12.1 Å². The van der Waals surface area contributed by atoms with Gasteiger partial charge < -0.3 is 15.3 Å². The van der Waals surface area contributed by atoms with Crippen molar-refractivity contribution in [3.05, 3.63) is 29.8 Å². The normalized spacial score (nSPS) is 12.7. The number of amides is 1. The fraction of sp³-hybridized carbons (Fsp3) is 0.471. The Labute approximate surface area is 168 Å². The van der Waals surface area contributed by atoms with E-state index < -0.39 is 16.5 Å². The van der Waals surface area contributed by atoms with Crippen LogP contribution in [-0.2, 0) is 11.3 Å². The second-order valence-electron chi connectivity index (χ2n) is 6.60. The molecule has 0 heterocycles. The molecule has 0 saturated heterocycles. The van der Waals surface area contributed by atoms with E-state index in [2.05, 4.69) is 10.3 Å². The van der Waals surface area contributed by atoms with E-state index in [-0.39, 0.29) is 24.3 Å². The SMILES string of the molecule is CC(C)(C)C(=N)CC(=Nc1ccc(CO)cc1)NC(=O)OCC(Cl)(Cl)Cl. The van der Waals surface area contributed by atoms with Gasteiger partial charge in [0.25, 0.3) is 0 Å². The Morgan fingerprint density at radius 1 is 1.23 bits per heavy atom. The maximum atomic E-state index is 11.9. The van der Waals surface area contributed by atoms with Crippen LogP contribution in [-0.4, -0.2) is 33.1 Å². The lowest BCUT2D eigenvalue weighted by Crippen LogP contribution is -2.36. The van der Waals surface area contributed by atoms with Crippen LogP contribution in [0.3, 0.4) is 0 Å². The number of halogens is 3. The Morgan fingerprint density at radius 2 is 1.81 bits per heavy atom. The zero-order chi connectivity index (χ0) is 20.0. The molecule has 1 aromatic rings. The number of rotatable bonds is 5. The van der Waals surface area contributed by atoms with E-state index in [4.69, 9.17) is 50.1 Å². The van der Waals surface area contributed by atoms with Crippen molar-refractivity contribution in [2.75, 3.05) is 6.61 Å². The molecule has 1 aromatic carbocycles. The van der Waals surface area contributed by atoms with Gasteiger partial charge in [0.05, 0.1) is 12.3 Å². The summed E-state index contributed by atoms with van der Waals surface area (Å²) in [5.41, 5.74) is 1.29. The molecule has 0 unspecified atom stereocenters. The Morgan fingerprint density at radius 3 is 2.27 bits per heavy atom. The summed E-state index contributed by atoms with van der Waals surface area (Å²) >= 11 is 16.7. The fourth-order valence-corrected chi connectivity index (χ4v) is 1.84. The molecule has 9 heteroatoms. The van der Waals surface area contributed by atoms with Crippen molar-refractivity contribution in [2.45, 2.75) is 37.6 Å². The standard InChI is InChI=1S/C17H22Cl3N3O3/c1-16(2,3)13(21)8-14(23-15(25)26-10-17(18,19)20)22-12-6-4-11(9-24)5-7-12/h4-7,21,24H,8-10H2,1-3H3,(H,22,23,25). The first-order chi connectivity index (χ1) is 11.9. The highest BCUT2D eigenvalue weighted by Crippen LogP contribution is 2.26. The molecule has 0 fully saturated rings. The summed E-state index contributed by atoms with van der Waals surface area (Å²) in [7, 11) is 0. The van der Waals surface area contributed by atoms with Gasteiger partial charge in [-0.15, -0.1) is 0 Å². The second-order valence-corrected chi connectivity index (χ2v) is 9.12. The molecule has 1 rings (SSSR count). The van der Waals surface area contributed by atoms with E-state index in [1.165, 1.54) is 0 Å². The van der Waals surface area contributed by atoms with Gasteiger partial charge in [-0.1, -0.05) is 67.7 Å². The molecule has 0 aliphatic carbocycles. The molecule has 0 saturated carbocycles. The molecular formula is C17H22Cl3N3O3. The van der Waals surface area contributed by atoms with Crippen LogP contribution in [0.25, 0.3) is 0 Å². The number of carbonyl (C=O) groups excluding carboxylic acids is 1. The molecule has 0 spiro atoms. The van der Waals surface area contributed by atoms with Gasteiger partial charge in [-0.05, 0) is 23.1 Å². The molecular weight excluding hydrogens is 401 g/mol. The molecule has 3 N–H and O–H groups in total. The number of alkyl halides is 3. The first-order valence-electron chi connectivity index (χ1n) is 7.76. The summed E-state index contributed by atoms with van der Waals surface area (Å²) < 4.78 is 3.13. The Bertz CT molecular complexity index is 663. The van der Waals surface area contributed by atoms with Crippen LogP contribution in [0.5, 0.6) is 0 Å². The van der Waals surface area contributed by atoms with Crippen LogP contribution in [0.1, 0.15) is 32.8 Å². The zero-order valence-electron chi connectivity index (χ0n) is 14.8. The lowest BCUT2D eigenvalue weighted by atomic mass is 9.88. The van der Waals surface area contributed by atoms with Gasteiger partial charge >= 0.3 is 6.09 Å². The predicted molar refractivity (Wildman–Crippen MR) is 106 cm³/mol. The summed E-state index contributed by atoms with van der Waals surface area (Å²) in [5.74, 6) is 0.232. The molecule has 0 atom stereocenters. The topological polar surface area (TPSA) is 94.8 Å². The highest BCUT2D eigenvalue weighted by Gasteiger charge is 2.24. The number of amidine groups is 1. The maximum Gasteiger partial charge on any atom is 0.412 e. The fourth-order valence-electron chi connectivity index (χ4n) is 1.68. The molecule has 0 aromatic heterocycles. The quantitative estimate of drug-likeness (QED) is 0.362. The van der Waals surface area contributed by atoms with Crippen molar-refractivity contribution in [2.24, 2.45) is 10.4 Å². The third-order valence-electron chi connectivity index (χ3n) is 3.25. The van der Waals surface area contributed by atoms with Gasteiger partial charge in [-0.2, -0.15) is 0 Å². The van der Waals surface area contributed by atoms with Crippen LogP contribution in [0.15, 0.2) is 29.3 Å². The van der Waals surface area contributed by atoms with Crippen LogP contribution in [0.4, 0.5) is 10.5 Å². The summed E-state index contributed by atoms with van der Waals surface area (Å²) in [6, 6.07) is 6.82. The van der Waals surface area contributed by atoms with Crippen LogP contribution >= 0.6 is 34.8 Å². The van der Waals surface area contributed by atoms with Crippen molar-refractivity contribution in [1.29, 1.82) is 5.41 Å². The summed E-state index contributed by atoms with van der Waals surface area (Å²) in [5, 5.41) is 19.8. The molecule has 0 aliphatic heterocycles. The summed E-state index contributed by atoms with van der Waals surface area (Å²) in [6.45, 7) is 5.18. The highest BCUT2D eigenvalue weighted by atomic mass is 35.6. The monoisotopic (exact) mass is 421 g/mol. The van der Waals surface area contributed by atoms with E-state index in [9.17, 15) is 4.79 Å². The molecule has 1 amide bonds. The van der Waals surface area contributed by atoms with Gasteiger partial charge in [0.1, 0.15) is 12.4 Å². The number of hydrogen-bond donors (Lipinski definition) is 3. The average molecular weight is 423 g/mol. The van der Waals surface area contributed by atoms with Gasteiger partial charge in [0.2, 0.25) is 3.79 Å². The van der Waals surface area contributed by atoms with E-state index in [0.29, 0.717) is 11.4 Å². The first-order valence-corrected chi connectivity index (χ1v) is 8.90. The zero-order valence-corrected chi connectivity index (χ0v) is 17.0. The third kappa shape index (κ3) is 8.85. The number of aliphatic hydroxyl groups is 1. The van der Waals surface area contributed by atoms with Crippen molar-refractivity contribution in [3.8, 4) is 0 Å². The Hall–Kier alpha value is -1.34. The molecule has 0 aliphatic rings. The van der Waals surface area contributed by atoms with Crippen LogP contribution in [0.2, 0.25) is 0 Å². The van der Waals surface area contributed by atoms with Crippen LogP contribution in [0, 0.1) is 10.8 Å². The smallest absolute Gasteiger partial charge is 0.412 e. The van der Waals surface area contributed by atoms with Crippen molar-refractivity contribution in [3.63, 3.8) is 0 Å². The van der Waals surface area contributed by atoms with E-state index in [1.807, 2.05) is 20.8 Å². The Balaban J connectivity index is 2.95. The number of carbonyl (C=O) groups is 1. The number of aliphatic hydroxyl groups excluding tert-OH is 1. The number of aliphatic imine (C=N–C) groups is 1. The van der Waals surface area contributed by atoms with E-state index in [1.54, 1.807) is 24.3 Å². The lowest BCUT2D eigenvalue weighted by Gasteiger charge is -2.21. The number of nitrogens with zero attached hydrogens (tertiary/aromatic N) is 1. The number of nitrogens with one attached hydrogen (secondary N) is 2. The van der Waals surface area contributed by atoms with Crippen molar-refractivity contribution in [1.82, 2.24) is 5.32 Å². The molecule has 144 valence electrons. The number of alkyl carbamates (subject to hydrolysis) is 1. The van der Waals surface area contributed by atoms with E-state index >= 15 is 0 Å². The minimum atomic E-state index is -1.72. The summed E-state index contributed by atoms with van der Waals surface area (Å²) in [6.07, 6.45) is -0.711. The first kappa shape index (κ1) is 22.7. The van der Waals surface area contributed by atoms with Crippen molar-refractivity contribution >= 4 is 58.1 Å².